The van der Waals surface area contributed by atoms with Crippen molar-refractivity contribution in [1.82, 2.24) is 14.6 Å². The normalized spacial score (nSPS) is 10.6. The summed E-state index contributed by atoms with van der Waals surface area (Å²) in [6.45, 7) is 4.01. The summed E-state index contributed by atoms with van der Waals surface area (Å²) in [5.41, 5.74) is 3.52. The van der Waals surface area contributed by atoms with E-state index in [0.717, 1.165) is 11.2 Å². The second kappa shape index (κ2) is 6.60. The molecule has 0 saturated carbocycles. The van der Waals surface area contributed by atoms with Gasteiger partial charge in [0.15, 0.2) is 0 Å². The highest BCUT2D eigenvalue weighted by Gasteiger charge is 2.13. The van der Waals surface area contributed by atoms with Gasteiger partial charge in [0.05, 0.1) is 40.5 Å². The van der Waals surface area contributed by atoms with Gasteiger partial charge in [0.2, 0.25) is 0 Å². The Bertz CT molecular complexity index is 916. The molecule has 3 heterocycles. The molecule has 0 fully saturated rings. The van der Waals surface area contributed by atoms with Crippen LogP contribution < -0.4 is 9.97 Å². The lowest BCUT2D eigenvalue weighted by atomic mass is 10.2. The van der Waals surface area contributed by atoms with Gasteiger partial charge in [-0.2, -0.15) is 10.4 Å². The van der Waals surface area contributed by atoms with Gasteiger partial charge in [-0.1, -0.05) is 0 Å². The van der Waals surface area contributed by atoms with E-state index in [2.05, 4.69) is 21.5 Å². The minimum atomic E-state index is 0.182. The zero-order chi connectivity index (χ0) is 17.1. The van der Waals surface area contributed by atoms with Crippen LogP contribution in [0.4, 0.5) is 5.69 Å². The van der Waals surface area contributed by atoms with Crippen LogP contribution in [0.5, 0.6) is 5.75 Å². The van der Waals surface area contributed by atoms with E-state index >= 15 is 0 Å². The molecule has 0 unspecified atom stereocenters. The highest BCUT2D eigenvalue weighted by atomic mass is 16.5. The van der Waals surface area contributed by atoms with E-state index in [0.29, 0.717) is 30.4 Å². The molecule has 3 aromatic rings. The summed E-state index contributed by atoms with van der Waals surface area (Å²) in [5, 5.41) is 25.4. The van der Waals surface area contributed by atoms with Crippen molar-refractivity contribution < 1.29 is 9.68 Å². The Morgan fingerprint density at radius 2 is 2.17 bits per heavy atom. The molecule has 0 bridgehead atoms. The Morgan fingerprint density at radius 3 is 2.88 bits per heavy atom. The van der Waals surface area contributed by atoms with Gasteiger partial charge < -0.3 is 15.0 Å². The van der Waals surface area contributed by atoms with Crippen molar-refractivity contribution in [2.45, 2.75) is 19.9 Å². The number of fused-ring (bicyclic) bond motifs is 1. The first-order chi connectivity index (χ1) is 11.6. The molecule has 0 aliphatic heterocycles. The van der Waals surface area contributed by atoms with Crippen LogP contribution in [0.25, 0.3) is 16.9 Å². The van der Waals surface area contributed by atoms with Crippen molar-refractivity contribution in [2.24, 2.45) is 0 Å². The molecule has 3 rings (SSSR count). The van der Waals surface area contributed by atoms with Crippen molar-refractivity contribution in [2.75, 3.05) is 5.32 Å². The smallest absolute Gasteiger partial charge is 0.535 e. The fourth-order valence-electron chi connectivity index (χ4n) is 2.41. The van der Waals surface area contributed by atoms with Crippen LogP contribution in [0.1, 0.15) is 19.4 Å². The van der Waals surface area contributed by atoms with Gasteiger partial charge in [0, 0.05) is 6.04 Å². The van der Waals surface area contributed by atoms with Crippen LogP contribution in [0.2, 0.25) is 0 Å². The Hall–Kier alpha value is -3.05. The molecular weight excluding hydrogens is 305 g/mol. The van der Waals surface area contributed by atoms with Crippen molar-refractivity contribution >= 4 is 18.9 Å². The average Bonchev–Trinajstić information content (AvgIpc) is 2.99. The predicted molar refractivity (Wildman–Crippen MR) is 90.5 cm³/mol. The second-order valence-electron chi connectivity index (χ2n) is 5.50. The molecule has 8 heteroatoms. The minimum absolute atomic E-state index is 0.182. The van der Waals surface area contributed by atoms with Gasteiger partial charge in [-0.25, -0.2) is 4.52 Å². The molecule has 0 aliphatic carbocycles. The average molecular weight is 320 g/mol. The molecule has 0 amide bonds. The van der Waals surface area contributed by atoms with Crippen molar-refractivity contribution in [1.29, 1.82) is 5.26 Å². The maximum absolute atomic E-state index is 8.97. The lowest BCUT2D eigenvalue weighted by Crippen LogP contribution is -2.12. The van der Waals surface area contributed by atoms with Crippen molar-refractivity contribution in [3.8, 4) is 23.2 Å². The molecule has 1 radical (unpaired) electrons. The number of anilines is 1. The van der Waals surface area contributed by atoms with Gasteiger partial charge in [0.1, 0.15) is 11.8 Å². The minimum Gasteiger partial charge on any atom is -0.535 e. The zero-order valence-electron chi connectivity index (χ0n) is 13.3. The first-order valence-corrected chi connectivity index (χ1v) is 7.39. The van der Waals surface area contributed by atoms with E-state index in [1.54, 1.807) is 10.6 Å². The van der Waals surface area contributed by atoms with Crippen LogP contribution >= 0.6 is 0 Å². The molecule has 2 N–H and O–H groups in total. The van der Waals surface area contributed by atoms with Crippen LogP contribution in [0.3, 0.4) is 0 Å². The lowest BCUT2D eigenvalue weighted by molar-refractivity contribution is 0.453. The molecule has 24 heavy (non-hydrogen) atoms. The largest absolute Gasteiger partial charge is 0.569 e. The number of pyridine rings is 1. The molecule has 0 aliphatic rings. The van der Waals surface area contributed by atoms with E-state index in [1.165, 1.54) is 12.4 Å². The summed E-state index contributed by atoms with van der Waals surface area (Å²) in [6.07, 6.45) is 3.05. The number of hydrogen-bond donors (Lipinski definition) is 2. The molecule has 0 spiro atoms. The topological polar surface area (TPSA) is 95.5 Å². The predicted octanol–water partition coefficient (Wildman–Crippen LogP) is 1.99. The number of nitrogens with zero attached hydrogens (tertiary/aromatic N) is 4. The molecule has 7 nitrogen and oxygen atoms in total. The zero-order valence-corrected chi connectivity index (χ0v) is 13.3. The van der Waals surface area contributed by atoms with E-state index in [-0.39, 0.29) is 6.04 Å². The quantitative estimate of drug-likeness (QED) is 0.698. The van der Waals surface area contributed by atoms with Gasteiger partial charge >= 0.3 is 7.69 Å². The van der Waals surface area contributed by atoms with Gasteiger partial charge in [-0.05, 0) is 38.1 Å². The van der Waals surface area contributed by atoms with Crippen molar-refractivity contribution in [3.05, 3.63) is 42.2 Å². The first kappa shape index (κ1) is 15.8. The maximum Gasteiger partial charge on any atom is 0.569 e. The van der Waals surface area contributed by atoms with Gasteiger partial charge in [-0.3, -0.25) is 4.98 Å². The van der Waals surface area contributed by atoms with Crippen LogP contribution in [0, 0.1) is 11.3 Å². The third kappa shape index (κ3) is 3.02. The fourth-order valence-corrected chi connectivity index (χ4v) is 2.41. The molecule has 3 aromatic heterocycles. The van der Waals surface area contributed by atoms with Crippen molar-refractivity contribution in [3.63, 3.8) is 0 Å². The van der Waals surface area contributed by atoms with Crippen LogP contribution in [0.15, 0.2) is 36.7 Å². The molecule has 119 valence electrons. The van der Waals surface area contributed by atoms with Crippen LogP contribution in [-0.2, 0) is 0 Å². The highest BCUT2D eigenvalue weighted by molar-refractivity contribution is 6.17. The van der Waals surface area contributed by atoms with Gasteiger partial charge in [0.25, 0.3) is 0 Å². The monoisotopic (exact) mass is 320 g/mol. The number of hydrogen-bond acceptors (Lipinski definition) is 6. The standard InChI is InChI=1S/C16H15BN5O2/c1-10(2)21-14-6-13(19-9-16(14)24-17-23)15-4-3-12-5-11(7-18)8-20-22(12)15/h3-6,8-10,23H,1-2H3,(H,19,21). The summed E-state index contributed by atoms with van der Waals surface area (Å²) >= 11 is 0. The highest BCUT2D eigenvalue weighted by Crippen LogP contribution is 2.29. The van der Waals surface area contributed by atoms with E-state index in [4.69, 9.17) is 14.9 Å². The molecule has 0 saturated heterocycles. The maximum atomic E-state index is 8.97. The van der Waals surface area contributed by atoms with E-state index in [1.807, 2.05) is 32.0 Å². The second-order valence-corrected chi connectivity index (χ2v) is 5.50. The molecule has 0 aromatic carbocycles. The Labute approximate surface area is 139 Å². The summed E-state index contributed by atoms with van der Waals surface area (Å²) in [5.74, 6) is 0.426. The summed E-state index contributed by atoms with van der Waals surface area (Å²) in [4.78, 5) is 4.38. The third-order valence-corrected chi connectivity index (χ3v) is 3.38. The van der Waals surface area contributed by atoms with Crippen LogP contribution in [-0.4, -0.2) is 33.3 Å². The lowest BCUT2D eigenvalue weighted by Gasteiger charge is -2.15. The number of aromatic nitrogens is 3. The summed E-state index contributed by atoms with van der Waals surface area (Å²) in [7, 11) is 0.625. The first-order valence-electron chi connectivity index (χ1n) is 7.39. The Morgan fingerprint density at radius 1 is 1.33 bits per heavy atom. The SMILES string of the molecule is CC(C)Nc1cc(-c2ccc3cc(C#N)cnn23)ncc1O[B]O. The molecule has 0 atom stereocenters. The third-order valence-electron chi connectivity index (χ3n) is 3.38. The summed E-state index contributed by atoms with van der Waals surface area (Å²) < 4.78 is 6.80. The van der Waals surface area contributed by atoms with Gasteiger partial charge in [-0.15, -0.1) is 0 Å². The number of nitriles is 1. The number of nitrogens with one attached hydrogen (secondary N) is 1. The van der Waals surface area contributed by atoms with E-state index in [9.17, 15) is 0 Å². The number of rotatable bonds is 5. The molecular formula is C16H15BN5O2. The Kier molecular flexibility index (Phi) is 4.36. The summed E-state index contributed by atoms with van der Waals surface area (Å²) in [6, 6.07) is 9.63. The fraction of sp³-hybridized carbons (Fsp3) is 0.188. The Balaban J connectivity index is 2.07. The van der Waals surface area contributed by atoms with E-state index < -0.39 is 0 Å².